The average Bonchev–Trinajstić information content (AvgIpc) is 2.69. The Hall–Kier alpha value is -3.09. The van der Waals surface area contributed by atoms with Crippen LogP contribution in [0.1, 0.15) is 29.8 Å². The minimum absolute atomic E-state index is 0.269. The Morgan fingerprint density at radius 3 is 2.32 bits per heavy atom. The Balaban J connectivity index is 1.81. The van der Waals surface area contributed by atoms with Crippen LogP contribution < -0.4 is 14.8 Å². The third-order valence-electron chi connectivity index (χ3n) is 3.76. The molecule has 1 amide bonds. The molecule has 0 aliphatic rings. The van der Waals surface area contributed by atoms with Crippen molar-refractivity contribution in [3.63, 3.8) is 0 Å². The number of hydrogen-bond donors (Lipinski definition) is 1. The highest BCUT2D eigenvalue weighted by atomic mass is 19.1. The summed E-state index contributed by atoms with van der Waals surface area (Å²) in [6.45, 7) is 4.56. The SMILES string of the molecule is CCOc1ccc(C(=O)OCC(=O)NCCc2ccc(F)cc2)cc1OCC. The number of carbonyl (C=O) groups excluding carboxylic acids is 2. The molecule has 0 atom stereocenters. The number of hydrogen-bond acceptors (Lipinski definition) is 5. The van der Waals surface area contributed by atoms with Crippen LogP contribution in [0.15, 0.2) is 42.5 Å². The maximum Gasteiger partial charge on any atom is 0.338 e. The fourth-order valence-electron chi connectivity index (χ4n) is 2.44. The van der Waals surface area contributed by atoms with E-state index >= 15 is 0 Å². The molecule has 2 aromatic rings. The molecule has 0 fully saturated rings. The molecule has 6 nitrogen and oxygen atoms in total. The van der Waals surface area contributed by atoms with Gasteiger partial charge in [0.1, 0.15) is 5.82 Å². The first-order valence-corrected chi connectivity index (χ1v) is 9.11. The van der Waals surface area contributed by atoms with Gasteiger partial charge in [0.25, 0.3) is 5.91 Å². The molecule has 2 rings (SSSR count). The molecule has 150 valence electrons. The van der Waals surface area contributed by atoms with Gasteiger partial charge < -0.3 is 19.5 Å². The summed E-state index contributed by atoms with van der Waals surface area (Å²) in [5.41, 5.74) is 1.17. The highest BCUT2D eigenvalue weighted by Gasteiger charge is 2.14. The minimum Gasteiger partial charge on any atom is -0.490 e. The van der Waals surface area contributed by atoms with Crippen LogP contribution in [0.2, 0.25) is 0 Å². The second-order valence-electron chi connectivity index (χ2n) is 5.83. The summed E-state index contributed by atoms with van der Waals surface area (Å²) in [4.78, 5) is 24.0. The number of esters is 1. The minimum atomic E-state index is -0.627. The predicted octanol–water partition coefficient (Wildman–Crippen LogP) is 3.14. The van der Waals surface area contributed by atoms with Crippen LogP contribution in [-0.2, 0) is 16.0 Å². The normalized spacial score (nSPS) is 10.2. The molecular formula is C21H24FNO5. The number of ether oxygens (including phenoxy) is 3. The number of rotatable bonds is 10. The van der Waals surface area contributed by atoms with Gasteiger partial charge in [-0.25, -0.2) is 9.18 Å². The zero-order chi connectivity index (χ0) is 20.4. The fourth-order valence-corrected chi connectivity index (χ4v) is 2.44. The Kier molecular flexibility index (Phi) is 8.27. The van der Waals surface area contributed by atoms with Crippen molar-refractivity contribution < 1.29 is 28.2 Å². The smallest absolute Gasteiger partial charge is 0.338 e. The maximum absolute atomic E-state index is 12.8. The van der Waals surface area contributed by atoms with Gasteiger partial charge in [-0.2, -0.15) is 0 Å². The van der Waals surface area contributed by atoms with E-state index in [2.05, 4.69) is 5.32 Å². The van der Waals surface area contributed by atoms with Crippen molar-refractivity contribution in [2.75, 3.05) is 26.4 Å². The molecule has 0 aromatic heterocycles. The first kappa shape index (κ1) is 21.2. The molecule has 0 radical (unpaired) electrons. The zero-order valence-electron chi connectivity index (χ0n) is 16.0. The molecule has 28 heavy (non-hydrogen) atoms. The van der Waals surface area contributed by atoms with E-state index in [0.29, 0.717) is 37.7 Å². The van der Waals surface area contributed by atoms with E-state index < -0.39 is 11.9 Å². The number of amides is 1. The first-order chi connectivity index (χ1) is 13.5. The highest BCUT2D eigenvalue weighted by Crippen LogP contribution is 2.28. The summed E-state index contributed by atoms with van der Waals surface area (Å²) in [5, 5.41) is 2.66. The number of benzene rings is 2. The van der Waals surface area contributed by atoms with Gasteiger partial charge in [0.05, 0.1) is 18.8 Å². The number of carbonyl (C=O) groups is 2. The van der Waals surface area contributed by atoms with Crippen LogP contribution in [-0.4, -0.2) is 38.2 Å². The van der Waals surface area contributed by atoms with Crippen LogP contribution in [0.4, 0.5) is 4.39 Å². The Bertz CT molecular complexity index is 792. The summed E-state index contributed by atoms with van der Waals surface area (Å²) in [7, 11) is 0. The predicted molar refractivity (Wildman–Crippen MR) is 102 cm³/mol. The van der Waals surface area contributed by atoms with Gasteiger partial charge in [-0.1, -0.05) is 12.1 Å². The molecule has 0 saturated heterocycles. The van der Waals surface area contributed by atoms with Crippen molar-refractivity contribution in [3.8, 4) is 11.5 Å². The molecule has 0 unspecified atom stereocenters. The van der Waals surface area contributed by atoms with E-state index in [0.717, 1.165) is 5.56 Å². The topological polar surface area (TPSA) is 73.9 Å². The van der Waals surface area contributed by atoms with Crippen LogP contribution in [0.3, 0.4) is 0 Å². The molecule has 0 bridgehead atoms. The lowest BCUT2D eigenvalue weighted by Crippen LogP contribution is -2.30. The second kappa shape index (κ2) is 10.9. The lowest BCUT2D eigenvalue weighted by molar-refractivity contribution is -0.124. The number of nitrogens with one attached hydrogen (secondary N) is 1. The van der Waals surface area contributed by atoms with E-state index in [1.807, 2.05) is 13.8 Å². The summed E-state index contributed by atoms with van der Waals surface area (Å²) in [6.07, 6.45) is 0.552. The Morgan fingerprint density at radius 1 is 0.964 bits per heavy atom. The van der Waals surface area contributed by atoms with Gasteiger partial charge >= 0.3 is 5.97 Å². The molecule has 7 heteroatoms. The molecule has 0 spiro atoms. The third-order valence-corrected chi connectivity index (χ3v) is 3.76. The molecular weight excluding hydrogens is 365 g/mol. The summed E-state index contributed by atoms with van der Waals surface area (Å²) >= 11 is 0. The summed E-state index contributed by atoms with van der Waals surface area (Å²) < 4.78 is 28.8. The Labute approximate surface area is 163 Å². The van der Waals surface area contributed by atoms with Crippen LogP contribution >= 0.6 is 0 Å². The standard InChI is InChI=1S/C21H24FNO5/c1-3-26-18-10-7-16(13-19(18)27-4-2)21(25)28-14-20(24)23-12-11-15-5-8-17(22)9-6-15/h5-10,13H,3-4,11-12,14H2,1-2H3,(H,23,24). The second-order valence-corrected chi connectivity index (χ2v) is 5.83. The van der Waals surface area contributed by atoms with Crippen molar-refractivity contribution in [2.45, 2.75) is 20.3 Å². The van der Waals surface area contributed by atoms with Crippen LogP contribution in [0.5, 0.6) is 11.5 Å². The molecule has 0 aliphatic carbocycles. The van der Waals surface area contributed by atoms with Crippen molar-refractivity contribution >= 4 is 11.9 Å². The van der Waals surface area contributed by atoms with Gasteiger partial charge in [0, 0.05) is 6.54 Å². The lowest BCUT2D eigenvalue weighted by Gasteiger charge is -2.12. The van der Waals surface area contributed by atoms with Crippen molar-refractivity contribution in [1.82, 2.24) is 5.32 Å². The van der Waals surface area contributed by atoms with E-state index in [1.54, 1.807) is 24.3 Å². The lowest BCUT2D eigenvalue weighted by atomic mass is 10.1. The largest absolute Gasteiger partial charge is 0.490 e. The van der Waals surface area contributed by atoms with E-state index in [1.165, 1.54) is 18.2 Å². The monoisotopic (exact) mass is 389 g/mol. The van der Waals surface area contributed by atoms with Crippen LogP contribution in [0.25, 0.3) is 0 Å². The van der Waals surface area contributed by atoms with Gasteiger partial charge in [0.2, 0.25) is 0 Å². The van der Waals surface area contributed by atoms with E-state index in [-0.39, 0.29) is 18.0 Å². The molecule has 0 heterocycles. The molecule has 1 N–H and O–H groups in total. The quantitative estimate of drug-likeness (QED) is 0.632. The van der Waals surface area contributed by atoms with Crippen LogP contribution in [0, 0.1) is 5.82 Å². The molecule has 0 aliphatic heterocycles. The van der Waals surface area contributed by atoms with Crippen molar-refractivity contribution in [2.24, 2.45) is 0 Å². The van der Waals surface area contributed by atoms with Gasteiger partial charge in [-0.05, 0) is 56.2 Å². The first-order valence-electron chi connectivity index (χ1n) is 9.11. The Morgan fingerprint density at radius 2 is 1.64 bits per heavy atom. The highest BCUT2D eigenvalue weighted by molar-refractivity contribution is 5.92. The third kappa shape index (κ3) is 6.57. The number of halogens is 1. The zero-order valence-corrected chi connectivity index (χ0v) is 16.0. The molecule has 2 aromatic carbocycles. The van der Waals surface area contributed by atoms with Gasteiger partial charge in [-0.3, -0.25) is 4.79 Å². The van der Waals surface area contributed by atoms with E-state index in [4.69, 9.17) is 14.2 Å². The van der Waals surface area contributed by atoms with Crippen molar-refractivity contribution in [1.29, 1.82) is 0 Å². The summed E-state index contributed by atoms with van der Waals surface area (Å²) in [5.74, 6) is -0.354. The van der Waals surface area contributed by atoms with E-state index in [9.17, 15) is 14.0 Å². The van der Waals surface area contributed by atoms with Gasteiger partial charge in [-0.15, -0.1) is 0 Å². The fraction of sp³-hybridized carbons (Fsp3) is 0.333. The maximum atomic E-state index is 12.8. The van der Waals surface area contributed by atoms with Gasteiger partial charge in [0.15, 0.2) is 18.1 Å². The summed E-state index contributed by atoms with van der Waals surface area (Å²) in [6, 6.07) is 10.8. The molecule has 0 saturated carbocycles. The van der Waals surface area contributed by atoms with Crippen molar-refractivity contribution in [3.05, 3.63) is 59.4 Å². The average molecular weight is 389 g/mol.